The molecule has 1 aromatic rings. The minimum absolute atomic E-state index is 0.471. The molecule has 0 heterocycles. The average molecular weight is 260 g/mol. The van der Waals surface area contributed by atoms with E-state index in [9.17, 15) is 9.90 Å². The normalized spacial score (nSPS) is 27.1. The van der Waals surface area contributed by atoms with Gasteiger partial charge in [-0.05, 0) is 50.0 Å². The Morgan fingerprint density at radius 1 is 1.26 bits per heavy atom. The van der Waals surface area contributed by atoms with E-state index in [4.69, 9.17) is 0 Å². The van der Waals surface area contributed by atoms with Crippen LogP contribution >= 0.6 is 0 Å². The van der Waals surface area contributed by atoms with Crippen LogP contribution < -0.4 is 0 Å². The molecule has 19 heavy (non-hydrogen) atoms. The lowest BCUT2D eigenvalue weighted by molar-refractivity contribution is -0.152. The van der Waals surface area contributed by atoms with Crippen LogP contribution in [0.1, 0.15) is 51.0 Å². The van der Waals surface area contributed by atoms with Crippen LogP contribution in [0.2, 0.25) is 0 Å². The summed E-state index contributed by atoms with van der Waals surface area (Å²) in [4.78, 5) is 11.7. The van der Waals surface area contributed by atoms with E-state index in [2.05, 4.69) is 19.1 Å². The summed E-state index contributed by atoms with van der Waals surface area (Å²) in [5.41, 5.74) is 0.780. The predicted molar refractivity (Wildman–Crippen MR) is 77.1 cm³/mol. The molecule has 0 radical (unpaired) electrons. The Morgan fingerprint density at radius 2 is 1.89 bits per heavy atom. The van der Waals surface area contributed by atoms with Crippen molar-refractivity contribution in [3.05, 3.63) is 35.9 Å². The summed E-state index contributed by atoms with van der Waals surface area (Å²) < 4.78 is 0. The van der Waals surface area contributed by atoms with Gasteiger partial charge < -0.3 is 5.11 Å². The average Bonchev–Trinajstić information content (AvgIpc) is 2.46. The smallest absolute Gasteiger partial charge is 0.309 e. The zero-order valence-electron chi connectivity index (χ0n) is 11.8. The van der Waals surface area contributed by atoms with Gasteiger partial charge in [-0.25, -0.2) is 0 Å². The Balaban J connectivity index is 1.99. The van der Waals surface area contributed by atoms with Gasteiger partial charge in [0.05, 0.1) is 5.41 Å². The molecule has 1 aliphatic rings. The first-order valence-corrected chi connectivity index (χ1v) is 7.43. The quantitative estimate of drug-likeness (QED) is 0.857. The second-order valence-corrected chi connectivity index (χ2v) is 5.92. The molecular formula is C17H24O2. The summed E-state index contributed by atoms with van der Waals surface area (Å²) >= 11 is 0. The van der Waals surface area contributed by atoms with Crippen molar-refractivity contribution in [1.29, 1.82) is 0 Å². The Hall–Kier alpha value is -1.31. The summed E-state index contributed by atoms with van der Waals surface area (Å²) in [6, 6.07) is 10.2. The largest absolute Gasteiger partial charge is 0.481 e. The first-order valence-electron chi connectivity index (χ1n) is 7.43. The number of aliphatic carboxylic acids is 1. The van der Waals surface area contributed by atoms with Crippen molar-refractivity contribution in [1.82, 2.24) is 0 Å². The predicted octanol–water partition coefficient (Wildman–Crippen LogP) is 4.29. The van der Waals surface area contributed by atoms with Crippen LogP contribution in [-0.4, -0.2) is 11.1 Å². The lowest BCUT2D eigenvalue weighted by Gasteiger charge is -2.36. The van der Waals surface area contributed by atoms with Crippen LogP contribution in [-0.2, 0) is 11.2 Å². The van der Waals surface area contributed by atoms with Crippen LogP contribution in [0.25, 0.3) is 0 Å². The number of aryl methyl sites for hydroxylation is 1. The molecule has 0 aromatic heterocycles. The SMILES string of the molecule is CCC1CCC(CCc2ccccc2)(C(=O)O)CC1. The van der Waals surface area contributed by atoms with Gasteiger partial charge in [0, 0.05) is 0 Å². The molecule has 2 nitrogen and oxygen atoms in total. The molecule has 0 amide bonds. The highest BCUT2D eigenvalue weighted by molar-refractivity contribution is 5.74. The fourth-order valence-electron chi connectivity index (χ4n) is 3.24. The monoisotopic (exact) mass is 260 g/mol. The van der Waals surface area contributed by atoms with Crippen LogP contribution in [0.3, 0.4) is 0 Å². The fraction of sp³-hybridized carbons (Fsp3) is 0.588. The van der Waals surface area contributed by atoms with E-state index < -0.39 is 11.4 Å². The van der Waals surface area contributed by atoms with Crippen molar-refractivity contribution < 1.29 is 9.90 Å². The summed E-state index contributed by atoms with van der Waals surface area (Å²) in [5.74, 6) is 0.155. The van der Waals surface area contributed by atoms with Crippen LogP contribution in [0.15, 0.2) is 30.3 Å². The molecule has 0 atom stereocenters. The van der Waals surface area contributed by atoms with Crippen LogP contribution in [0.4, 0.5) is 0 Å². The number of carbonyl (C=O) groups is 1. The van der Waals surface area contributed by atoms with Crippen molar-refractivity contribution in [3.8, 4) is 0 Å². The van der Waals surface area contributed by atoms with Gasteiger partial charge in [0.15, 0.2) is 0 Å². The van der Waals surface area contributed by atoms with Gasteiger partial charge >= 0.3 is 5.97 Å². The molecule has 0 aliphatic heterocycles. The van der Waals surface area contributed by atoms with Crippen LogP contribution in [0, 0.1) is 11.3 Å². The van der Waals surface area contributed by atoms with Gasteiger partial charge in [0.25, 0.3) is 0 Å². The van der Waals surface area contributed by atoms with E-state index in [0.717, 1.165) is 44.4 Å². The maximum absolute atomic E-state index is 11.7. The second-order valence-electron chi connectivity index (χ2n) is 5.92. The van der Waals surface area contributed by atoms with E-state index in [0.29, 0.717) is 0 Å². The maximum Gasteiger partial charge on any atom is 0.309 e. The zero-order valence-corrected chi connectivity index (χ0v) is 11.8. The number of benzene rings is 1. The first kappa shape index (κ1) is 14.1. The molecule has 1 fully saturated rings. The summed E-state index contributed by atoms with van der Waals surface area (Å²) in [6.07, 6.45) is 6.72. The highest BCUT2D eigenvalue weighted by Gasteiger charge is 2.40. The third-order valence-corrected chi connectivity index (χ3v) is 4.83. The highest BCUT2D eigenvalue weighted by atomic mass is 16.4. The van der Waals surface area contributed by atoms with Gasteiger partial charge in [-0.15, -0.1) is 0 Å². The first-order chi connectivity index (χ1) is 9.16. The molecule has 0 unspecified atom stereocenters. The highest BCUT2D eigenvalue weighted by Crippen LogP contribution is 2.43. The summed E-state index contributed by atoms with van der Waals surface area (Å²) in [7, 11) is 0. The van der Waals surface area contributed by atoms with Crippen molar-refractivity contribution in [2.75, 3.05) is 0 Å². The Kier molecular flexibility index (Phi) is 4.62. The number of hydrogen-bond donors (Lipinski definition) is 1. The molecule has 1 saturated carbocycles. The Morgan fingerprint density at radius 3 is 2.42 bits per heavy atom. The molecule has 0 saturated heterocycles. The molecular weight excluding hydrogens is 236 g/mol. The van der Waals surface area contributed by atoms with Crippen molar-refractivity contribution in [2.24, 2.45) is 11.3 Å². The molecule has 0 spiro atoms. The molecule has 0 bridgehead atoms. The molecule has 2 rings (SSSR count). The van der Waals surface area contributed by atoms with Gasteiger partial charge in [0.1, 0.15) is 0 Å². The number of carboxylic acid groups (broad SMARTS) is 1. The van der Waals surface area contributed by atoms with Gasteiger partial charge in [0.2, 0.25) is 0 Å². The Bertz CT molecular complexity index is 403. The van der Waals surface area contributed by atoms with Crippen molar-refractivity contribution >= 4 is 5.97 Å². The van der Waals surface area contributed by atoms with Crippen molar-refractivity contribution in [2.45, 2.75) is 51.9 Å². The molecule has 1 aliphatic carbocycles. The molecule has 104 valence electrons. The van der Waals surface area contributed by atoms with Gasteiger partial charge in [-0.2, -0.15) is 0 Å². The zero-order chi connectivity index (χ0) is 13.7. The summed E-state index contributed by atoms with van der Waals surface area (Å²) in [6.45, 7) is 2.21. The molecule has 1 aromatic carbocycles. The minimum Gasteiger partial charge on any atom is -0.481 e. The third-order valence-electron chi connectivity index (χ3n) is 4.83. The van der Waals surface area contributed by atoms with E-state index >= 15 is 0 Å². The lowest BCUT2D eigenvalue weighted by Crippen LogP contribution is -2.35. The number of carboxylic acids is 1. The lowest BCUT2D eigenvalue weighted by atomic mass is 9.67. The number of rotatable bonds is 5. The number of hydrogen-bond acceptors (Lipinski definition) is 1. The van der Waals surface area contributed by atoms with Gasteiger partial charge in [-0.3, -0.25) is 4.79 Å². The molecule has 2 heteroatoms. The third kappa shape index (κ3) is 3.37. The van der Waals surface area contributed by atoms with E-state index in [1.807, 2.05) is 18.2 Å². The maximum atomic E-state index is 11.7. The minimum atomic E-state index is -0.585. The standard InChI is InChI=1S/C17H24O2/c1-2-14-8-11-17(12-9-14,16(18)19)13-10-15-6-4-3-5-7-15/h3-7,14H,2,8-13H2,1H3,(H,18,19). The van der Waals surface area contributed by atoms with E-state index in [1.165, 1.54) is 12.0 Å². The molecule has 1 N–H and O–H groups in total. The second kappa shape index (κ2) is 6.23. The van der Waals surface area contributed by atoms with Crippen LogP contribution in [0.5, 0.6) is 0 Å². The van der Waals surface area contributed by atoms with E-state index in [-0.39, 0.29) is 0 Å². The van der Waals surface area contributed by atoms with Gasteiger partial charge in [-0.1, -0.05) is 43.7 Å². The van der Waals surface area contributed by atoms with E-state index in [1.54, 1.807) is 0 Å². The fourth-order valence-corrected chi connectivity index (χ4v) is 3.24. The Labute approximate surface area is 115 Å². The van der Waals surface area contributed by atoms with Crippen molar-refractivity contribution in [3.63, 3.8) is 0 Å². The topological polar surface area (TPSA) is 37.3 Å². The summed E-state index contributed by atoms with van der Waals surface area (Å²) in [5, 5.41) is 9.63.